The molecule has 0 bridgehead atoms. The molecule has 0 spiro atoms. The van der Waals surface area contributed by atoms with Crippen LogP contribution in [0, 0.1) is 0 Å². The molecule has 60 valence electrons. The molecule has 2 N–H and O–H groups in total. The highest BCUT2D eigenvalue weighted by molar-refractivity contribution is 6.32. The average Bonchev–Trinajstić information content (AvgIpc) is 2.04. The Kier molecular flexibility index (Phi) is 2.50. The predicted octanol–water partition coefficient (Wildman–Crippen LogP) is -0.402. The van der Waals surface area contributed by atoms with Crippen LogP contribution in [0.3, 0.4) is 0 Å². The molecule has 0 aromatic heterocycles. The number of aliphatic hydroxyl groups excluding tert-OH is 1. The number of carbonyl (C=O) groups is 1. The molecule has 2 radical (unpaired) electrons. The summed E-state index contributed by atoms with van der Waals surface area (Å²) in [6, 6.07) is 6.05. The maximum absolute atomic E-state index is 10.3. The van der Waals surface area contributed by atoms with Crippen LogP contribution in [-0.4, -0.2) is 24.0 Å². The smallest absolute Gasteiger partial charge is 0.337 e. The first-order chi connectivity index (χ1) is 5.61. The van der Waals surface area contributed by atoms with Crippen molar-refractivity contribution in [2.45, 2.75) is 6.10 Å². The van der Waals surface area contributed by atoms with Gasteiger partial charge in [-0.15, -0.1) is 0 Å². The second-order valence-electron chi connectivity index (χ2n) is 2.41. The number of aliphatic carboxylic acids is 1. The molecule has 0 amide bonds. The van der Waals surface area contributed by atoms with Crippen LogP contribution in [0.5, 0.6) is 0 Å². The minimum atomic E-state index is -1.47. The van der Waals surface area contributed by atoms with Crippen molar-refractivity contribution < 1.29 is 15.0 Å². The summed E-state index contributed by atoms with van der Waals surface area (Å²) in [5, 5.41) is 17.5. The average molecular weight is 162 g/mol. The summed E-state index contributed by atoms with van der Waals surface area (Å²) in [6.07, 6.45) is -1.47. The molecule has 0 aliphatic carbocycles. The molecule has 0 fully saturated rings. The standard InChI is InChI=1S/C8H7BO3/c9-6-3-1-5(2-4-6)7(10)8(11)12/h1-4,7,10H,(H,11,12). The molecule has 1 unspecified atom stereocenters. The Morgan fingerprint density at radius 1 is 1.33 bits per heavy atom. The molecule has 0 saturated heterocycles. The van der Waals surface area contributed by atoms with Crippen molar-refractivity contribution in [2.75, 3.05) is 0 Å². The number of benzene rings is 1. The topological polar surface area (TPSA) is 57.5 Å². The summed E-state index contributed by atoms with van der Waals surface area (Å²) in [5.74, 6) is -1.26. The summed E-state index contributed by atoms with van der Waals surface area (Å²) in [5.41, 5.74) is 0.869. The summed E-state index contributed by atoms with van der Waals surface area (Å²) in [6.45, 7) is 0. The van der Waals surface area contributed by atoms with E-state index in [0.717, 1.165) is 0 Å². The van der Waals surface area contributed by atoms with E-state index >= 15 is 0 Å². The third kappa shape index (κ3) is 1.86. The van der Waals surface area contributed by atoms with Gasteiger partial charge in [0.1, 0.15) is 7.85 Å². The number of carboxylic acids is 1. The van der Waals surface area contributed by atoms with E-state index < -0.39 is 12.1 Å². The highest BCUT2D eigenvalue weighted by Gasteiger charge is 2.14. The van der Waals surface area contributed by atoms with Gasteiger partial charge in [0, 0.05) is 0 Å². The minimum Gasteiger partial charge on any atom is -0.479 e. The Hall–Kier alpha value is -1.29. The highest BCUT2D eigenvalue weighted by Crippen LogP contribution is 2.10. The molecule has 4 heteroatoms. The van der Waals surface area contributed by atoms with Gasteiger partial charge in [0.25, 0.3) is 0 Å². The van der Waals surface area contributed by atoms with Crippen molar-refractivity contribution in [3.8, 4) is 0 Å². The zero-order chi connectivity index (χ0) is 9.14. The minimum absolute atomic E-state index is 0.330. The zero-order valence-electron chi connectivity index (χ0n) is 6.27. The lowest BCUT2D eigenvalue weighted by atomic mass is 9.94. The van der Waals surface area contributed by atoms with Gasteiger partial charge in [-0.25, -0.2) is 4.79 Å². The summed E-state index contributed by atoms with van der Waals surface area (Å²) in [7, 11) is 5.37. The Bertz CT molecular complexity index is 281. The van der Waals surface area contributed by atoms with Gasteiger partial charge in [0.2, 0.25) is 0 Å². The SMILES string of the molecule is [B]c1ccc(C(O)C(=O)O)cc1. The number of rotatable bonds is 2. The molecule has 0 aliphatic heterocycles. The third-order valence-corrected chi connectivity index (χ3v) is 1.49. The van der Waals surface area contributed by atoms with Crippen LogP contribution in [-0.2, 0) is 4.79 Å². The number of aliphatic hydroxyl groups is 1. The largest absolute Gasteiger partial charge is 0.479 e. The lowest BCUT2D eigenvalue weighted by molar-refractivity contribution is -0.146. The van der Waals surface area contributed by atoms with E-state index in [4.69, 9.17) is 18.1 Å². The Balaban J connectivity index is 2.89. The van der Waals surface area contributed by atoms with Gasteiger partial charge in [-0.3, -0.25) is 0 Å². The molecule has 3 nitrogen and oxygen atoms in total. The molecular formula is C8H7BO3. The van der Waals surface area contributed by atoms with Gasteiger partial charge in [0.05, 0.1) is 0 Å². The van der Waals surface area contributed by atoms with E-state index in [2.05, 4.69) is 0 Å². The van der Waals surface area contributed by atoms with Crippen molar-refractivity contribution in [1.82, 2.24) is 0 Å². The fraction of sp³-hybridized carbons (Fsp3) is 0.125. The predicted molar refractivity (Wildman–Crippen MR) is 44.4 cm³/mol. The van der Waals surface area contributed by atoms with Crippen molar-refractivity contribution in [1.29, 1.82) is 0 Å². The van der Waals surface area contributed by atoms with Crippen molar-refractivity contribution in [3.63, 3.8) is 0 Å². The van der Waals surface area contributed by atoms with Crippen LogP contribution in [0.15, 0.2) is 24.3 Å². The molecule has 1 aromatic rings. The molecule has 12 heavy (non-hydrogen) atoms. The lowest BCUT2D eigenvalue weighted by Crippen LogP contribution is -2.11. The van der Waals surface area contributed by atoms with Gasteiger partial charge in [0.15, 0.2) is 6.10 Å². The Labute approximate surface area is 71.1 Å². The second-order valence-corrected chi connectivity index (χ2v) is 2.41. The van der Waals surface area contributed by atoms with E-state index in [0.29, 0.717) is 11.0 Å². The van der Waals surface area contributed by atoms with E-state index in [-0.39, 0.29) is 0 Å². The monoisotopic (exact) mass is 162 g/mol. The zero-order valence-corrected chi connectivity index (χ0v) is 6.27. The van der Waals surface area contributed by atoms with E-state index in [9.17, 15) is 4.79 Å². The molecule has 0 aliphatic rings. The van der Waals surface area contributed by atoms with Crippen molar-refractivity contribution in [2.24, 2.45) is 0 Å². The fourth-order valence-electron chi connectivity index (χ4n) is 0.821. The van der Waals surface area contributed by atoms with Crippen molar-refractivity contribution >= 4 is 19.3 Å². The van der Waals surface area contributed by atoms with Gasteiger partial charge in [-0.2, -0.15) is 0 Å². The second kappa shape index (κ2) is 3.41. The third-order valence-electron chi connectivity index (χ3n) is 1.49. The number of carboxylic acid groups (broad SMARTS) is 1. The van der Waals surface area contributed by atoms with Gasteiger partial charge in [-0.1, -0.05) is 29.7 Å². The summed E-state index contributed by atoms with van der Waals surface area (Å²) < 4.78 is 0. The van der Waals surface area contributed by atoms with E-state index in [1.807, 2.05) is 0 Å². The Morgan fingerprint density at radius 3 is 2.25 bits per heavy atom. The summed E-state index contributed by atoms with van der Waals surface area (Å²) >= 11 is 0. The number of hydrogen-bond donors (Lipinski definition) is 2. The molecule has 1 aromatic carbocycles. The molecule has 1 atom stereocenters. The highest BCUT2D eigenvalue weighted by atomic mass is 16.4. The maximum atomic E-state index is 10.3. The van der Waals surface area contributed by atoms with Crippen LogP contribution in [0.25, 0.3) is 0 Å². The van der Waals surface area contributed by atoms with Crippen LogP contribution in [0.1, 0.15) is 11.7 Å². The number of hydrogen-bond acceptors (Lipinski definition) is 2. The normalized spacial score (nSPS) is 12.4. The maximum Gasteiger partial charge on any atom is 0.337 e. The summed E-state index contributed by atoms with van der Waals surface area (Å²) in [4.78, 5) is 10.3. The van der Waals surface area contributed by atoms with Crippen LogP contribution < -0.4 is 5.46 Å². The molecular weight excluding hydrogens is 155 g/mol. The van der Waals surface area contributed by atoms with E-state index in [1.54, 1.807) is 12.1 Å². The first-order valence-corrected chi connectivity index (χ1v) is 3.37. The van der Waals surface area contributed by atoms with Gasteiger partial charge < -0.3 is 10.2 Å². The Morgan fingerprint density at radius 2 is 1.83 bits per heavy atom. The lowest BCUT2D eigenvalue weighted by Gasteiger charge is -2.04. The quantitative estimate of drug-likeness (QED) is 0.581. The van der Waals surface area contributed by atoms with Gasteiger partial charge in [-0.05, 0) is 5.56 Å². The van der Waals surface area contributed by atoms with Crippen LogP contribution in [0.4, 0.5) is 0 Å². The van der Waals surface area contributed by atoms with Crippen LogP contribution >= 0.6 is 0 Å². The van der Waals surface area contributed by atoms with Crippen molar-refractivity contribution in [3.05, 3.63) is 29.8 Å². The first kappa shape index (κ1) is 8.81. The molecule has 0 saturated carbocycles. The first-order valence-electron chi connectivity index (χ1n) is 3.37. The van der Waals surface area contributed by atoms with E-state index in [1.165, 1.54) is 12.1 Å². The van der Waals surface area contributed by atoms with Crippen LogP contribution in [0.2, 0.25) is 0 Å². The molecule has 0 heterocycles. The molecule has 1 rings (SSSR count). The fourth-order valence-corrected chi connectivity index (χ4v) is 0.821. The van der Waals surface area contributed by atoms with Gasteiger partial charge >= 0.3 is 5.97 Å².